The minimum atomic E-state index is -3.93. The van der Waals surface area contributed by atoms with Crippen LogP contribution in [0.15, 0.2) is 16.9 Å². The summed E-state index contributed by atoms with van der Waals surface area (Å²) in [6.45, 7) is 2.21. The van der Waals surface area contributed by atoms with Gasteiger partial charge in [-0.1, -0.05) is 5.16 Å². The molecule has 0 spiro atoms. The number of primary sulfonamides is 1. The maximum atomic E-state index is 12.4. The van der Waals surface area contributed by atoms with Crippen LogP contribution in [0.5, 0.6) is 0 Å². The van der Waals surface area contributed by atoms with Crippen molar-refractivity contribution >= 4 is 21.8 Å². The lowest BCUT2D eigenvalue weighted by Crippen LogP contribution is -2.56. The third-order valence-corrected chi connectivity index (χ3v) is 6.48. The van der Waals surface area contributed by atoms with Gasteiger partial charge < -0.3 is 14.7 Å². The molecule has 2 atom stereocenters. The Hall–Kier alpha value is -1.94. The van der Waals surface area contributed by atoms with Gasteiger partial charge >= 0.3 is 0 Å². The fourth-order valence-electron chi connectivity index (χ4n) is 3.05. The highest BCUT2D eigenvalue weighted by Crippen LogP contribution is 2.42. The van der Waals surface area contributed by atoms with Crippen LogP contribution in [0.3, 0.4) is 0 Å². The number of carbonyl (C=O) groups is 2. The van der Waals surface area contributed by atoms with Gasteiger partial charge in [0.15, 0.2) is 10.4 Å². The number of hydrogen-bond donors (Lipinski definition) is 2. The van der Waals surface area contributed by atoms with Gasteiger partial charge in [-0.15, -0.1) is 0 Å². The molecule has 1 aliphatic carbocycles. The monoisotopic (exact) mass is 356 g/mol. The van der Waals surface area contributed by atoms with Crippen molar-refractivity contribution in [3.05, 3.63) is 18.0 Å². The summed E-state index contributed by atoms with van der Waals surface area (Å²) in [4.78, 5) is 26.4. The van der Waals surface area contributed by atoms with E-state index in [1.54, 1.807) is 4.90 Å². The van der Waals surface area contributed by atoms with Gasteiger partial charge in [0.25, 0.3) is 5.91 Å². The van der Waals surface area contributed by atoms with Crippen molar-refractivity contribution in [3.63, 3.8) is 0 Å². The molecular weight excluding hydrogens is 336 g/mol. The summed E-state index contributed by atoms with van der Waals surface area (Å²) in [6.07, 6.45) is 3.15. The standard InChI is InChI=1S/C14H20N4O5S/c1-9-2-3-10(8-18(9)12(19)11-4-7-23-17-11)16-13(20)14(5-6-14)24(15,21)22/h4,7,9-10H,2-3,5-6,8H2,1H3,(H,16,20)(H2,15,21,22). The molecule has 0 aromatic carbocycles. The van der Waals surface area contributed by atoms with Crippen LogP contribution in [0.4, 0.5) is 0 Å². The smallest absolute Gasteiger partial charge is 0.276 e. The number of carbonyl (C=O) groups excluding carboxylic acids is 2. The largest absolute Gasteiger partial charge is 0.364 e. The van der Waals surface area contributed by atoms with Crippen molar-refractivity contribution in [2.75, 3.05) is 6.54 Å². The van der Waals surface area contributed by atoms with Crippen LogP contribution in [0.25, 0.3) is 0 Å². The molecule has 3 N–H and O–H groups in total. The average Bonchev–Trinajstić information content (AvgIpc) is 3.18. The molecule has 1 saturated carbocycles. The maximum absolute atomic E-state index is 12.4. The lowest BCUT2D eigenvalue weighted by atomic mass is 9.98. The quantitative estimate of drug-likeness (QED) is 0.754. The molecule has 1 aliphatic heterocycles. The van der Waals surface area contributed by atoms with E-state index in [0.29, 0.717) is 19.4 Å². The highest BCUT2D eigenvalue weighted by Gasteiger charge is 2.59. The minimum absolute atomic E-state index is 0.00419. The Morgan fingerprint density at radius 2 is 2.12 bits per heavy atom. The van der Waals surface area contributed by atoms with Gasteiger partial charge in [0.1, 0.15) is 6.26 Å². The normalized spacial score (nSPS) is 26.0. The van der Waals surface area contributed by atoms with Gasteiger partial charge in [-0.3, -0.25) is 9.59 Å². The van der Waals surface area contributed by atoms with E-state index in [1.165, 1.54) is 12.3 Å². The van der Waals surface area contributed by atoms with E-state index in [-0.39, 0.29) is 36.5 Å². The summed E-state index contributed by atoms with van der Waals surface area (Å²) in [5.41, 5.74) is 0.206. The van der Waals surface area contributed by atoms with Crippen LogP contribution >= 0.6 is 0 Å². The first kappa shape index (κ1) is 16.9. The van der Waals surface area contributed by atoms with E-state index >= 15 is 0 Å². The molecule has 9 nitrogen and oxygen atoms in total. The first-order valence-corrected chi connectivity index (χ1v) is 9.34. The fourth-order valence-corrected chi connectivity index (χ4v) is 4.04. The number of rotatable bonds is 4. The summed E-state index contributed by atoms with van der Waals surface area (Å²) < 4.78 is 26.4. The molecule has 3 rings (SSSR count). The van der Waals surface area contributed by atoms with Crippen molar-refractivity contribution in [3.8, 4) is 0 Å². The number of sulfonamides is 1. The molecule has 0 radical (unpaired) electrons. The SMILES string of the molecule is CC1CCC(NC(=O)C2(S(N)(=O)=O)CC2)CN1C(=O)c1ccon1. The molecule has 2 amide bonds. The van der Waals surface area contributed by atoms with Gasteiger partial charge in [0, 0.05) is 24.7 Å². The fraction of sp³-hybridized carbons (Fsp3) is 0.643. The van der Waals surface area contributed by atoms with Crippen LogP contribution in [-0.4, -0.2) is 53.7 Å². The van der Waals surface area contributed by atoms with Gasteiger partial charge in [-0.2, -0.15) is 0 Å². The van der Waals surface area contributed by atoms with Crippen molar-refractivity contribution in [2.24, 2.45) is 5.14 Å². The number of amides is 2. The maximum Gasteiger partial charge on any atom is 0.276 e. The van der Waals surface area contributed by atoms with Crippen molar-refractivity contribution in [1.29, 1.82) is 0 Å². The van der Waals surface area contributed by atoms with Gasteiger partial charge in [0.2, 0.25) is 15.9 Å². The van der Waals surface area contributed by atoms with E-state index in [0.717, 1.165) is 0 Å². The number of nitrogens with two attached hydrogens (primary N) is 1. The number of nitrogens with one attached hydrogen (secondary N) is 1. The van der Waals surface area contributed by atoms with E-state index in [1.807, 2.05) is 6.92 Å². The zero-order valence-electron chi connectivity index (χ0n) is 13.3. The topological polar surface area (TPSA) is 136 Å². The second-order valence-corrected chi connectivity index (χ2v) is 8.35. The Morgan fingerprint density at radius 1 is 1.42 bits per heavy atom. The second-order valence-electron chi connectivity index (χ2n) is 6.48. The summed E-state index contributed by atoms with van der Waals surface area (Å²) in [6, 6.07) is 1.16. The van der Waals surface area contributed by atoms with Crippen LogP contribution < -0.4 is 10.5 Å². The molecule has 2 fully saturated rings. The molecule has 132 valence electrons. The van der Waals surface area contributed by atoms with E-state index in [4.69, 9.17) is 9.66 Å². The van der Waals surface area contributed by atoms with Crippen molar-refractivity contribution < 1.29 is 22.5 Å². The molecular formula is C14H20N4O5S. The van der Waals surface area contributed by atoms with E-state index < -0.39 is 20.7 Å². The second kappa shape index (κ2) is 5.85. The zero-order valence-corrected chi connectivity index (χ0v) is 14.1. The Balaban J connectivity index is 1.68. The number of likely N-dealkylation sites (tertiary alicyclic amines) is 1. The molecule has 24 heavy (non-hydrogen) atoms. The highest BCUT2D eigenvalue weighted by atomic mass is 32.2. The number of hydrogen-bond acceptors (Lipinski definition) is 6. The van der Waals surface area contributed by atoms with Gasteiger partial charge in [0.05, 0.1) is 0 Å². The predicted octanol–water partition coefficient (Wildman–Crippen LogP) is -0.395. The molecule has 1 aromatic heterocycles. The molecule has 2 unspecified atom stereocenters. The summed E-state index contributed by atoms with van der Waals surface area (Å²) in [7, 11) is -3.93. The first-order chi connectivity index (χ1) is 11.2. The first-order valence-electron chi connectivity index (χ1n) is 7.79. The number of aromatic nitrogens is 1. The highest BCUT2D eigenvalue weighted by molar-refractivity contribution is 7.91. The van der Waals surface area contributed by atoms with Crippen LogP contribution in [0.1, 0.15) is 43.1 Å². The Labute approximate surface area is 139 Å². The van der Waals surface area contributed by atoms with Gasteiger partial charge in [-0.05, 0) is 32.6 Å². The summed E-state index contributed by atoms with van der Waals surface area (Å²) in [5.74, 6) is -0.846. The lowest BCUT2D eigenvalue weighted by molar-refractivity contribution is -0.122. The Bertz CT molecular complexity index is 741. The summed E-state index contributed by atoms with van der Waals surface area (Å²) >= 11 is 0. The third kappa shape index (κ3) is 2.91. The Morgan fingerprint density at radius 3 is 2.67 bits per heavy atom. The number of piperidine rings is 1. The molecule has 1 aromatic rings. The zero-order chi connectivity index (χ0) is 17.5. The van der Waals surface area contributed by atoms with Crippen LogP contribution in [-0.2, 0) is 14.8 Å². The van der Waals surface area contributed by atoms with Crippen molar-refractivity contribution in [2.45, 2.75) is 49.4 Å². The molecule has 1 saturated heterocycles. The van der Waals surface area contributed by atoms with Crippen LogP contribution in [0, 0.1) is 0 Å². The minimum Gasteiger partial charge on any atom is -0.364 e. The Kier molecular flexibility index (Phi) is 4.12. The lowest BCUT2D eigenvalue weighted by Gasteiger charge is -2.38. The van der Waals surface area contributed by atoms with Crippen molar-refractivity contribution in [1.82, 2.24) is 15.4 Å². The molecule has 0 bridgehead atoms. The molecule has 10 heteroatoms. The van der Waals surface area contributed by atoms with Crippen LogP contribution in [0.2, 0.25) is 0 Å². The van der Waals surface area contributed by atoms with E-state index in [2.05, 4.69) is 10.5 Å². The third-order valence-electron chi connectivity index (χ3n) is 4.80. The number of nitrogens with zero attached hydrogens (tertiary/aromatic N) is 2. The molecule has 2 heterocycles. The predicted molar refractivity (Wildman–Crippen MR) is 83.2 cm³/mol. The average molecular weight is 356 g/mol. The summed E-state index contributed by atoms with van der Waals surface area (Å²) in [5, 5.41) is 11.6. The molecule has 2 aliphatic rings. The van der Waals surface area contributed by atoms with E-state index in [9.17, 15) is 18.0 Å². The van der Waals surface area contributed by atoms with Gasteiger partial charge in [-0.25, -0.2) is 13.6 Å².